The molecule has 0 aliphatic rings. The van der Waals surface area contributed by atoms with E-state index in [0.29, 0.717) is 29.0 Å². The maximum Gasteiger partial charge on any atom is 0.416 e. The van der Waals surface area contributed by atoms with Crippen LogP contribution in [0.1, 0.15) is 21.5 Å². The summed E-state index contributed by atoms with van der Waals surface area (Å²) in [6, 6.07) is 9.82. The molecular weight excluding hydrogens is 335 g/mol. The lowest BCUT2D eigenvalue weighted by atomic mass is 10.1. The third-order valence-corrected chi connectivity index (χ3v) is 3.63. The van der Waals surface area contributed by atoms with Gasteiger partial charge in [-0.25, -0.2) is 0 Å². The maximum atomic E-state index is 12.5. The largest absolute Gasteiger partial charge is 0.493 e. The van der Waals surface area contributed by atoms with E-state index in [4.69, 9.17) is 9.47 Å². The lowest BCUT2D eigenvalue weighted by Gasteiger charge is -2.12. The van der Waals surface area contributed by atoms with Crippen LogP contribution in [0, 0.1) is 0 Å². The zero-order valence-electron chi connectivity index (χ0n) is 13.8. The molecule has 0 unspecified atom stereocenters. The van der Waals surface area contributed by atoms with Crippen LogP contribution in [0.4, 0.5) is 13.2 Å². The first kappa shape index (κ1) is 18.6. The highest BCUT2D eigenvalue weighted by atomic mass is 19.4. The number of methoxy groups -OCH3 is 2. The Kier molecular flexibility index (Phi) is 5.90. The van der Waals surface area contributed by atoms with Crippen LogP contribution in [0.25, 0.3) is 0 Å². The second-order valence-corrected chi connectivity index (χ2v) is 5.24. The van der Waals surface area contributed by atoms with Crippen molar-refractivity contribution in [1.82, 2.24) is 5.32 Å². The molecule has 0 aliphatic carbocycles. The first-order valence-electron chi connectivity index (χ1n) is 7.52. The van der Waals surface area contributed by atoms with Crippen LogP contribution < -0.4 is 14.8 Å². The summed E-state index contributed by atoms with van der Waals surface area (Å²) >= 11 is 0. The fourth-order valence-electron chi connectivity index (χ4n) is 2.34. The SMILES string of the molecule is COc1cccc(C(=O)NCCc2ccc(C(F)(F)F)cc2)c1OC. The van der Waals surface area contributed by atoms with Crippen LogP contribution >= 0.6 is 0 Å². The summed E-state index contributed by atoms with van der Waals surface area (Å²) in [4.78, 5) is 12.3. The molecule has 2 aromatic carbocycles. The summed E-state index contributed by atoms with van der Waals surface area (Å²) in [5.74, 6) is 0.428. The van der Waals surface area contributed by atoms with Gasteiger partial charge in [0.05, 0.1) is 25.3 Å². The molecule has 25 heavy (non-hydrogen) atoms. The zero-order valence-corrected chi connectivity index (χ0v) is 13.8. The van der Waals surface area contributed by atoms with Crippen LogP contribution in [-0.4, -0.2) is 26.7 Å². The highest BCUT2D eigenvalue weighted by molar-refractivity contribution is 5.97. The fourth-order valence-corrected chi connectivity index (χ4v) is 2.34. The van der Waals surface area contributed by atoms with E-state index in [1.165, 1.54) is 26.4 Å². The summed E-state index contributed by atoms with van der Waals surface area (Å²) in [6.45, 7) is 0.282. The Balaban J connectivity index is 1.97. The van der Waals surface area contributed by atoms with Crippen LogP contribution in [-0.2, 0) is 12.6 Å². The van der Waals surface area contributed by atoms with Crippen molar-refractivity contribution < 1.29 is 27.4 Å². The summed E-state index contributed by atoms with van der Waals surface area (Å²) in [5.41, 5.74) is 0.335. The number of halogens is 3. The standard InChI is InChI=1S/C18H18F3NO3/c1-24-15-5-3-4-14(16(15)25-2)17(23)22-11-10-12-6-8-13(9-7-12)18(19,20)21/h3-9H,10-11H2,1-2H3,(H,22,23). The molecule has 134 valence electrons. The van der Waals surface area contributed by atoms with Crippen molar-refractivity contribution in [1.29, 1.82) is 0 Å². The van der Waals surface area contributed by atoms with Gasteiger partial charge in [0.2, 0.25) is 0 Å². The van der Waals surface area contributed by atoms with Gasteiger partial charge in [-0.15, -0.1) is 0 Å². The molecule has 0 aromatic heterocycles. The summed E-state index contributed by atoms with van der Waals surface area (Å²) in [6.07, 6.45) is -3.94. The Labute approximate surface area is 143 Å². The molecule has 7 heteroatoms. The Bertz CT molecular complexity index is 727. The fraction of sp³-hybridized carbons (Fsp3) is 0.278. The molecule has 0 spiro atoms. The van der Waals surface area contributed by atoms with E-state index in [9.17, 15) is 18.0 Å². The normalized spacial score (nSPS) is 11.1. The van der Waals surface area contributed by atoms with E-state index in [1.54, 1.807) is 18.2 Å². The van der Waals surface area contributed by atoms with Gasteiger partial charge >= 0.3 is 6.18 Å². The highest BCUT2D eigenvalue weighted by Crippen LogP contribution is 2.31. The monoisotopic (exact) mass is 353 g/mol. The first-order chi connectivity index (χ1) is 11.9. The lowest BCUT2D eigenvalue weighted by Crippen LogP contribution is -2.26. The Morgan fingerprint density at radius 3 is 2.28 bits per heavy atom. The zero-order chi connectivity index (χ0) is 18.4. The number of alkyl halides is 3. The van der Waals surface area contributed by atoms with E-state index < -0.39 is 11.7 Å². The molecule has 0 atom stereocenters. The van der Waals surface area contributed by atoms with Crippen LogP contribution in [0.15, 0.2) is 42.5 Å². The minimum atomic E-state index is -4.35. The molecule has 0 fully saturated rings. The molecule has 0 bridgehead atoms. The van der Waals surface area contributed by atoms with Gasteiger partial charge in [-0.05, 0) is 36.2 Å². The molecule has 0 saturated heterocycles. The van der Waals surface area contributed by atoms with E-state index in [2.05, 4.69) is 5.32 Å². The van der Waals surface area contributed by atoms with Crippen LogP contribution in [0.3, 0.4) is 0 Å². The third kappa shape index (κ3) is 4.65. The van der Waals surface area contributed by atoms with E-state index in [1.807, 2.05) is 0 Å². The van der Waals surface area contributed by atoms with Gasteiger partial charge in [0.15, 0.2) is 11.5 Å². The van der Waals surface area contributed by atoms with Crippen molar-refractivity contribution in [2.75, 3.05) is 20.8 Å². The number of nitrogens with one attached hydrogen (secondary N) is 1. The average Bonchev–Trinajstić information content (AvgIpc) is 2.60. The topological polar surface area (TPSA) is 47.6 Å². The second kappa shape index (κ2) is 7.92. The number of carbonyl (C=O) groups is 1. The van der Waals surface area contributed by atoms with Crippen molar-refractivity contribution >= 4 is 5.91 Å². The van der Waals surface area contributed by atoms with Crippen molar-refractivity contribution in [3.63, 3.8) is 0 Å². The number of carbonyl (C=O) groups excluding carboxylic acids is 1. The van der Waals surface area contributed by atoms with Gasteiger partial charge < -0.3 is 14.8 Å². The molecular formula is C18H18F3NO3. The smallest absolute Gasteiger partial charge is 0.416 e. The number of para-hydroxylation sites is 1. The van der Waals surface area contributed by atoms with Crippen molar-refractivity contribution in [2.24, 2.45) is 0 Å². The van der Waals surface area contributed by atoms with Gasteiger partial charge in [0.1, 0.15) is 0 Å². The highest BCUT2D eigenvalue weighted by Gasteiger charge is 2.29. The van der Waals surface area contributed by atoms with Gasteiger partial charge in [-0.2, -0.15) is 13.2 Å². The molecule has 0 aliphatic heterocycles. The van der Waals surface area contributed by atoms with Crippen LogP contribution in [0.2, 0.25) is 0 Å². The quantitative estimate of drug-likeness (QED) is 0.862. The number of hydrogen-bond donors (Lipinski definition) is 1. The predicted molar refractivity (Wildman–Crippen MR) is 87.0 cm³/mol. The molecule has 1 amide bonds. The van der Waals surface area contributed by atoms with E-state index in [-0.39, 0.29) is 12.5 Å². The second-order valence-electron chi connectivity index (χ2n) is 5.24. The van der Waals surface area contributed by atoms with E-state index >= 15 is 0 Å². The number of amides is 1. The molecule has 4 nitrogen and oxygen atoms in total. The number of ether oxygens (including phenoxy) is 2. The summed E-state index contributed by atoms with van der Waals surface area (Å²) in [5, 5.41) is 2.72. The number of rotatable bonds is 6. The summed E-state index contributed by atoms with van der Waals surface area (Å²) < 4.78 is 47.9. The Hall–Kier alpha value is -2.70. The van der Waals surface area contributed by atoms with Gasteiger partial charge in [0, 0.05) is 6.54 Å². The van der Waals surface area contributed by atoms with Crippen molar-refractivity contribution in [3.05, 3.63) is 59.2 Å². The molecule has 0 radical (unpaired) electrons. The lowest BCUT2D eigenvalue weighted by molar-refractivity contribution is -0.137. The van der Waals surface area contributed by atoms with Crippen LogP contribution in [0.5, 0.6) is 11.5 Å². The Morgan fingerprint density at radius 2 is 1.72 bits per heavy atom. The molecule has 2 aromatic rings. The minimum absolute atomic E-state index is 0.282. The van der Waals surface area contributed by atoms with E-state index in [0.717, 1.165) is 12.1 Å². The third-order valence-electron chi connectivity index (χ3n) is 3.63. The molecule has 2 rings (SSSR count). The average molecular weight is 353 g/mol. The van der Waals surface area contributed by atoms with Gasteiger partial charge in [-0.1, -0.05) is 18.2 Å². The molecule has 0 saturated carbocycles. The van der Waals surface area contributed by atoms with Gasteiger partial charge in [-0.3, -0.25) is 4.79 Å². The van der Waals surface area contributed by atoms with Crippen molar-refractivity contribution in [3.8, 4) is 11.5 Å². The van der Waals surface area contributed by atoms with Gasteiger partial charge in [0.25, 0.3) is 5.91 Å². The molecule has 0 heterocycles. The summed E-state index contributed by atoms with van der Waals surface area (Å²) in [7, 11) is 2.92. The number of hydrogen-bond acceptors (Lipinski definition) is 3. The molecule has 1 N–H and O–H groups in total. The number of benzene rings is 2. The van der Waals surface area contributed by atoms with Crippen molar-refractivity contribution in [2.45, 2.75) is 12.6 Å². The Morgan fingerprint density at radius 1 is 1.04 bits per heavy atom. The maximum absolute atomic E-state index is 12.5. The first-order valence-corrected chi connectivity index (χ1v) is 7.52. The minimum Gasteiger partial charge on any atom is -0.493 e. The predicted octanol–water partition coefficient (Wildman–Crippen LogP) is 3.70.